The minimum absolute atomic E-state index is 0.0553. The number of carboxylic acids is 1. The fraction of sp³-hybridized carbons (Fsp3) is 0.222. The molecule has 1 aliphatic heterocycles. The first-order chi connectivity index (χ1) is 11.6. The van der Waals surface area contributed by atoms with Gasteiger partial charge in [0.1, 0.15) is 23.7 Å². The van der Waals surface area contributed by atoms with Gasteiger partial charge in [0.15, 0.2) is 6.10 Å². The zero-order valence-corrected chi connectivity index (χ0v) is 12.8. The third-order valence-corrected chi connectivity index (χ3v) is 3.59. The van der Waals surface area contributed by atoms with Crippen LogP contribution in [0.4, 0.5) is 0 Å². The molecule has 1 unspecified atom stereocenters. The normalized spacial score (nSPS) is 16.5. The van der Waals surface area contributed by atoms with E-state index in [1.54, 1.807) is 6.07 Å². The van der Waals surface area contributed by atoms with E-state index in [1.165, 1.54) is 12.1 Å². The molecule has 3 rings (SSSR count). The van der Waals surface area contributed by atoms with Gasteiger partial charge in [0, 0.05) is 6.42 Å². The van der Waals surface area contributed by atoms with Crippen LogP contribution >= 0.6 is 0 Å². The number of carbonyl (C=O) groups is 2. The second kappa shape index (κ2) is 7.04. The lowest BCUT2D eigenvalue weighted by Crippen LogP contribution is -2.22. The maximum absolute atomic E-state index is 11.5. The summed E-state index contributed by atoms with van der Waals surface area (Å²) < 4.78 is 15.9. The smallest absolute Gasteiger partial charge is 0.347 e. The first-order valence-electron chi connectivity index (χ1n) is 7.51. The van der Waals surface area contributed by atoms with Crippen molar-refractivity contribution in [3.05, 3.63) is 59.7 Å². The molecule has 0 bridgehead atoms. The standard InChI is InChI=1S/C18H16O6/c19-17(20)14-10-13(23-11-12-4-2-1-3-5-12)6-7-15(14)24-16-8-9-22-18(16)21/h1-7,10,16H,8-9,11H2,(H,19,20). The highest BCUT2D eigenvalue weighted by atomic mass is 16.6. The predicted molar refractivity (Wildman–Crippen MR) is 84.2 cm³/mol. The number of rotatable bonds is 6. The molecule has 0 aromatic heterocycles. The van der Waals surface area contributed by atoms with Crippen molar-refractivity contribution in [3.8, 4) is 11.5 Å². The summed E-state index contributed by atoms with van der Waals surface area (Å²) in [6.45, 7) is 0.610. The fourth-order valence-corrected chi connectivity index (χ4v) is 2.35. The van der Waals surface area contributed by atoms with Gasteiger partial charge in [-0.1, -0.05) is 30.3 Å². The number of carbonyl (C=O) groups excluding carboxylic acids is 1. The summed E-state index contributed by atoms with van der Waals surface area (Å²) >= 11 is 0. The van der Waals surface area contributed by atoms with Crippen LogP contribution in [0.2, 0.25) is 0 Å². The second-order valence-corrected chi connectivity index (χ2v) is 5.30. The Morgan fingerprint density at radius 1 is 1.21 bits per heavy atom. The topological polar surface area (TPSA) is 82.1 Å². The van der Waals surface area contributed by atoms with E-state index < -0.39 is 18.0 Å². The Balaban J connectivity index is 1.74. The van der Waals surface area contributed by atoms with Crippen molar-refractivity contribution < 1.29 is 28.9 Å². The molecule has 1 aliphatic rings. The number of ether oxygens (including phenoxy) is 3. The van der Waals surface area contributed by atoms with Crippen LogP contribution in [0.1, 0.15) is 22.3 Å². The van der Waals surface area contributed by atoms with Crippen LogP contribution in [0.5, 0.6) is 11.5 Å². The van der Waals surface area contributed by atoms with Gasteiger partial charge < -0.3 is 19.3 Å². The molecule has 1 N–H and O–H groups in total. The molecule has 0 saturated carbocycles. The van der Waals surface area contributed by atoms with Gasteiger partial charge in [-0.2, -0.15) is 0 Å². The van der Waals surface area contributed by atoms with Crippen LogP contribution in [0.15, 0.2) is 48.5 Å². The zero-order chi connectivity index (χ0) is 16.9. The average molecular weight is 328 g/mol. The average Bonchev–Trinajstić information content (AvgIpc) is 2.99. The fourth-order valence-electron chi connectivity index (χ4n) is 2.35. The molecule has 1 saturated heterocycles. The Bertz CT molecular complexity index is 740. The summed E-state index contributed by atoms with van der Waals surface area (Å²) in [7, 11) is 0. The van der Waals surface area contributed by atoms with Gasteiger partial charge in [-0.05, 0) is 23.8 Å². The van der Waals surface area contributed by atoms with Gasteiger partial charge in [-0.25, -0.2) is 9.59 Å². The lowest BCUT2D eigenvalue weighted by Gasteiger charge is -2.14. The number of cyclic esters (lactones) is 1. The highest BCUT2D eigenvalue weighted by molar-refractivity contribution is 5.91. The van der Waals surface area contributed by atoms with E-state index in [2.05, 4.69) is 0 Å². The van der Waals surface area contributed by atoms with E-state index in [9.17, 15) is 14.7 Å². The van der Waals surface area contributed by atoms with E-state index in [4.69, 9.17) is 14.2 Å². The molecule has 0 radical (unpaired) electrons. The van der Waals surface area contributed by atoms with Gasteiger partial charge in [-0.3, -0.25) is 0 Å². The van der Waals surface area contributed by atoms with Crippen LogP contribution in [0, 0.1) is 0 Å². The monoisotopic (exact) mass is 328 g/mol. The molecule has 6 heteroatoms. The van der Waals surface area contributed by atoms with Crippen molar-refractivity contribution in [3.63, 3.8) is 0 Å². The second-order valence-electron chi connectivity index (χ2n) is 5.30. The molecule has 6 nitrogen and oxygen atoms in total. The quantitative estimate of drug-likeness (QED) is 0.821. The van der Waals surface area contributed by atoms with E-state index in [0.717, 1.165) is 5.56 Å². The number of benzene rings is 2. The number of carboxylic acid groups (broad SMARTS) is 1. The number of esters is 1. The summed E-state index contributed by atoms with van der Waals surface area (Å²) in [5.74, 6) is -1.09. The van der Waals surface area contributed by atoms with E-state index in [-0.39, 0.29) is 17.9 Å². The maximum Gasteiger partial charge on any atom is 0.347 e. The van der Waals surface area contributed by atoms with E-state index >= 15 is 0 Å². The van der Waals surface area contributed by atoms with Crippen molar-refractivity contribution in [2.45, 2.75) is 19.1 Å². The molecule has 0 spiro atoms. The Labute approximate surface area is 138 Å². The maximum atomic E-state index is 11.5. The van der Waals surface area contributed by atoms with Crippen molar-refractivity contribution in [2.24, 2.45) is 0 Å². The van der Waals surface area contributed by atoms with Gasteiger partial charge in [0.05, 0.1) is 6.61 Å². The molecule has 24 heavy (non-hydrogen) atoms. The lowest BCUT2D eigenvalue weighted by molar-refractivity contribution is -0.143. The SMILES string of the molecule is O=C(O)c1cc(OCc2ccccc2)ccc1OC1CCOC1=O. The molecule has 2 aromatic carbocycles. The van der Waals surface area contributed by atoms with Gasteiger partial charge >= 0.3 is 11.9 Å². The summed E-state index contributed by atoms with van der Waals surface area (Å²) in [5.41, 5.74) is 0.920. The van der Waals surface area contributed by atoms with Crippen LogP contribution in [0.3, 0.4) is 0 Å². The van der Waals surface area contributed by atoms with Crippen molar-refractivity contribution >= 4 is 11.9 Å². The Hall–Kier alpha value is -3.02. The molecule has 124 valence electrons. The summed E-state index contributed by atoms with van der Waals surface area (Å²) in [4.78, 5) is 22.9. The highest BCUT2D eigenvalue weighted by Crippen LogP contribution is 2.27. The van der Waals surface area contributed by atoms with E-state index in [1.807, 2.05) is 30.3 Å². The molecular formula is C18H16O6. The van der Waals surface area contributed by atoms with E-state index in [0.29, 0.717) is 18.8 Å². The number of hydrogen-bond acceptors (Lipinski definition) is 5. The van der Waals surface area contributed by atoms with Crippen LogP contribution in [0.25, 0.3) is 0 Å². The predicted octanol–water partition coefficient (Wildman–Crippen LogP) is 2.66. The minimum Gasteiger partial charge on any atom is -0.489 e. The van der Waals surface area contributed by atoms with Crippen LogP contribution in [-0.4, -0.2) is 29.8 Å². The summed E-state index contributed by atoms with van der Waals surface area (Å²) in [6, 6.07) is 14.0. The van der Waals surface area contributed by atoms with Crippen molar-refractivity contribution in [1.82, 2.24) is 0 Å². The minimum atomic E-state index is -1.15. The Kier molecular flexibility index (Phi) is 4.65. The molecule has 1 fully saturated rings. The van der Waals surface area contributed by atoms with Gasteiger partial charge in [0.25, 0.3) is 0 Å². The van der Waals surface area contributed by atoms with Crippen molar-refractivity contribution in [1.29, 1.82) is 0 Å². The van der Waals surface area contributed by atoms with Gasteiger partial charge in [0.2, 0.25) is 0 Å². The molecule has 2 aromatic rings. The first-order valence-corrected chi connectivity index (χ1v) is 7.51. The molecule has 0 aliphatic carbocycles. The number of aromatic carboxylic acids is 1. The first kappa shape index (κ1) is 15.9. The molecule has 1 atom stereocenters. The van der Waals surface area contributed by atoms with Crippen molar-refractivity contribution in [2.75, 3.05) is 6.61 Å². The van der Waals surface area contributed by atoms with Crippen LogP contribution in [-0.2, 0) is 16.1 Å². The molecule has 1 heterocycles. The summed E-state index contributed by atoms with van der Waals surface area (Å²) in [6.07, 6.45) is -0.358. The Morgan fingerprint density at radius 2 is 2.00 bits per heavy atom. The third kappa shape index (κ3) is 3.65. The highest BCUT2D eigenvalue weighted by Gasteiger charge is 2.29. The lowest BCUT2D eigenvalue weighted by atomic mass is 10.2. The van der Waals surface area contributed by atoms with Gasteiger partial charge in [-0.15, -0.1) is 0 Å². The third-order valence-electron chi connectivity index (χ3n) is 3.59. The molecule has 0 amide bonds. The Morgan fingerprint density at radius 3 is 2.67 bits per heavy atom. The largest absolute Gasteiger partial charge is 0.489 e. The van der Waals surface area contributed by atoms with Crippen LogP contribution < -0.4 is 9.47 Å². The summed E-state index contributed by atoms with van der Waals surface area (Å²) in [5, 5.41) is 9.36. The molecular weight excluding hydrogens is 312 g/mol. The zero-order valence-electron chi connectivity index (χ0n) is 12.8. The number of hydrogen-bond donors (Lipinski definition) is 1.